The molecule has 0 unspecified atom stereocenters. The predicted molar refractivity (Wildman–Crippen MR) is 58.7 cm³/mol. The fourth-order valence-corrected chi connectivity index (χ4v) is 2.20. The first kappa shape index (κ1) is 10.2. The highest BCUT2D eigenvalue weighted by atomic mass is 16.5. The van der Waals surface area contributed by atoms with Crippen molar-refractivity contribution in [3.63, 3.8) is 0 Å². The van der Waals surface area contributed by atoms with Gasteiger partial charge in [0.2, 0.25) is 0 Å². The molecule has 0 heterocycles. The molecule has 0 spiro atoms. The highest BCUT2D eigenvalue weighted by Crippen LogP contribution is 2.50. The molecule has 0 amide bonds. The normalized spacial score (nSPS) is 17.2. The van der Waals surface area contributed by atoms with Gasteiger partial charge in [-0.2, -0.15) is 0 Å². The molecule has 0 N–H and O–H groups in total. The number of methoxy groups -OCH3 is 1. The van der Waals surface area contributed by atoms with Crippen LogP contribution in [0.1, 0.15) is 30.9 Å². The molecule has 0 bridgehead atoms. The summed E-state index contributed by atoms with van der Waals surface area (Å²) in [5.41, 5.74) is 2.11. The van der Waals surface area contributed by atoms with Gasteiger partial charge in [0.05, 0.1) is 12.5 Å². The fraction of sp³-hybridized carbons (Fsp3) is 0.462. The number of carbonyl (C=O) groups is 1. The standard InChI is InChI=1S/C13H16O2/c1-3-10-6-4-5-7-11(10)13(8-9-13)12(14)15-2/h4-7H,3,8-9H2,1-2H3. The van der Waals surface area contributed by atoms with Gasteiger partial charge in [-0.1, -0.05) is 31.2 Å². The van der Waals surface area contributed by atoms with Crippen LogP contribution in [-0.4, -0.2) is 13.1 Å². The highest BCUT2D eigenvalue weighted by Gasteiger charge is 2.53. The first-order chi connectivity index (χ1) is 7.24. The second-order valence-corrected chi connectivity index (χ2v) is 4.08. The molecular weight excluding hydrogens is 188 g/mol. The summed E-state index contributed by atoms with van der Waals surface area (Å²) in [5.74, 6) is -0.0802. The van der Waals surface area contributed by atoms with E-state index in [9.17, 15) is 4.79 Å². The molecule has 1 aliphatic carbocycles. The zero-order valence-electron chi connectivity index (χ0n) is 9.25. The van der Waals surface area contributed by atoms with E-state index in [-0.39, 0.29) is 11.4 Å². The summed E-state index contributed by atoms with van der Waals surface area (Å²) in [6, 6.07) is 8.17. The van der Waals surface area contributed by atoms with Crippen LogP contribution >= 0.6 is 0 Å². The SMILES string of the molecule is CCc1ccccc1C1(C(=O)OC)CC1. The quantitative estimate of drug-likeness (QED) is 0.707. The minimum atomic E-state index is -0.318. The van der Waals surface area contributed by atoms with Crippen molar-refractivity contribution in [3.8, 4) is 0 Å². The smallest absolute Gasteiger partial charge is 0.316 e. The maximum atomic E-state index is 11.7. The molecule has 2 nitrogen and oxygen atoms in total. The van der Waals surface area contributed by atoms with Crippen molar-refractivity contribution in [2.45, 2.75) is 31.6 Å². The van der Waals surface area contributed by atoms with Gasteiger partial charge < -0.3 is 4.74 Å². The zero-order chi connectivity index (χ0) is 10.9. The molecule has 1 saturated carbocycles. The van der Waals surface area contributed by atoms with Crippen molar-refractivity contribution < 1.29 is 9.53 Å². The Hall–Kier alpha value is -1.31. The lowest BCUT2D eigenvalue weighted by Gasteiger charge is -2.16. The second kappa shape index (κ2) is 3.69. The van der Waals surface area contributed by atoms with Crippen molar-refractivity contribution in [3.05, 3.63) is 35.4 Å². The summed E-state index contributed by atoms with van der Waals surface area (Å²) in [5, 5.41) is 0. The Morgan fingerprint density at radius 2 is 2.07 bits per heavy atom. The van der Waals surface area contributed by atoms with E-state index >= 15 is 0 Å². The third-order valence-corrected chi connectivity index (χ3v) is 3.24. The average Bonchev–Trinajstić information content (AvgIpc) is 3.09. The summed E-state index contributed by atoms with van der Waals surface area (Å²) in [6.07, 6.45) is 2.82. The molecule has 0 radical (unpaired) electrons. The van der Waals surface area contributed by atoms with Gasteiger partial charge in [0.1, 0.15) is 0 Å². The Morgan fingerprint density at radius 3 is 2.60 bits per heavy atom. The van der Waals surface area contributed by atoms with E-state index in [1.165, 1.54) is 18.2 Å². The lowest BCUT2D eigenvalue weighted by molar-refractivity contribution is -0.143. The lowest BCUT2D eigenvalue weighted by Crippen LogP contribution is -2.23. The fourth-order valence-electron chi connectivity index (χ4n) is 2.20. The van der Waals surface area contributed by atoms with Crippen LogP contribution in [0.5, 0.6) is 0 Å². The summed E-state index contributed by atoms with van der Waals surface area (Å²) >= 11 is 0. The molecule has 15 heavy (non-hydrogen) atoms. The lowest BCUT2D eigenvalue weighted by atomic mass is 9.90. The summed E-state index contributed by atoms with van der Waals surface area (Å²) in [7, 11) is 1.47. The molecule has 80 valence electrons. The maximum Gasteiger partial charge on any atom is 0.316 e. The van der Waals surface area contributed by atoms with Gasteiger partial charge in [0, 0.05) is 0 Å². The van der Waals surface area contributed by atoms with Crippen molar-refractivity contribution in [1.29, 1.82) is 0 Å². The van der Waals surface area contributed by atoms with Gasteiger partial charge in [-0.3, -0.25) is 4.79 Å². The molecule has 0 atom stereocenters. The molecule has 1 fully saturated rings. The summed E-state index contributed by atoms with van der Waals surface area (Å²) in [6.45, 7) is 2.12. The largest absolute Gasteiger partial charge is 0.468 e. The monoisotopic (exact) mass is 204 g/mol. The number of rotatable bonds is 3. The Balaban J connectivity index is 2.41. The van der Waals surface area contributed by atoms with Crippen LogP contribution in [0, 0.1) is 0 Å². The molecule has 2 rings (SSSR count). The van der Waals surface area contributed by atoms with Crippen LogP contribution in [-0.2, 0) is 21.4 Å². The highest BCUT2D eigenvalue weighted by molar-refractivity contribution is 5.87. The van der Waals surface area contributed by atoms with E-state index in [0.29, 0.717) is 0 Å². The van der Waals surface area contributed by atoms with E-state index < -0.39 is 0 Å². The molecule has 1 aromatic carbocycles. The number of hydrogen-bond acceptors (Lipinski definition) is 2. The van der Waals surface area contributed by atoms with Crippen LogP contribution in [0.25, 0.3) is 0 Å². The van der Waals surface area contributed by atoms with Gasteiger partial charge in [-0.15, -0.1) is 0 Å². The third-order valence-electron chi connectivity index (χ3n) is 3.24. The van der Waals surface area contributed by atoms with Gasteiger partial charge in [0.25, 0.3) is 0 Å². The van der Waals surface area contributed by atoms with E-state index in [1.807, 2.05) is 12.1 Å². The number of hydrogen-bond donors (Lipinski definition) is 0. The number of ether oxygens (including phenoxy) is 1. The number of esters is 1. The first-order valence-electron chi connectivity index (χ1n) is 5.41. The number of benzene rings is 1. The van der Waals surface area contributed by atoms with Crippen LogP contribution in [0.4, 0.5) is 0 Å². The molecule has 2 heteroatoms. The van der Waals surface area contributed by atoms with Gasteiger partial charge in [-0.05, 0) is 30.4 Å². The van der Waals surface area contributed by atoms with E-state index in [2.05, 4.69) is 19.1 Å². The van der Waals surface area contributed by atoms with Crippen LogP contribution in [0.2, 0.25) is 0 Å². The topological polar surface area (TPSA) is 26.3 Å². The molecule has 0 aliphatic heterocycles. The summed E-state index contributed by atoms with van der Waals surface area (Å²) < 4.78 is 4.89. The summed E-state index contributed by atoms with van der Waals surface area (Å²) in [4.78, 5) is 11.7. The Morgan fingerprint density at radius 1 is 1.40 bits per heavy atom. The van der Waals surface area contributed by atoms with Crippen molar-refractivity contribution in [2.75, 3.05) is 7.11 Å². The molecule has 0 aromatic heterocycles. The Bertz CT molecular complexity index is 378. The zero-order valence-corrected chi connectivity index (χ0v) is 9.25. The van der Waals surface area contributed by atoms with Gasteiger partial charge in [0.15, 0.2) is 0 Å². The van der Waals surface area contributed by atoms with Crippen LogP contribution in [0.15, 0.2) is 24.3 Å². The van der Waals surface area contributed by atoms with E-state index in [0.717, 1.165) is 19.3 Å². The minimum absolute atomic E-state index is 0.0802. The first-order valence-corrected chi connectivity index (χ1v) is 5.41. The van der Waals surface area contributed by atoms with Crippen LogP contribution in [0.3, 0.4) is 0 Å². The third kappa shape index (κ3) is 1.54. The molecule has 1 aromatic rings. The van der Waals surface area contributed by atoms with Gasteiger partial charge >= 0.3 is 5.97 Å². The molecule has 0 saturated heterocycles. The number of carbonyl (C=O) groups excluding carboxylic acids is 1. The van der Waals surface area contributed by atoms with E-state index in [1.54, 1.807) is 0 Å². The molecule has 1 aliphatic rings. The van der Waals surface area contributed by atoms with E-state index in [4.69, 9.17) is 4.74 Å². The van der Waals surface area contributed by atoms with Crippen LogP contribution < -0.4 is 0 Å². The van der Waals surface area contributed by atoms with Crippen molar-refractivity contribution >= 4 is 5.97 Å². The van der Waals surface area contributed by atoms with Crippen molar-refractivity contribution in [1.82, 2.24) is 0 Å². The number of aryl methyl sites for hydroxylation is 1. The Kier molecular flexibility index (Phi) is 2.51. The Labute approximate surface area is 90.3 Å². The van der Waals surface area contributed by atoms with Gasteiger partial charge in [-0.25, -0.2) is 0 Å². The minimum Gasteiger partial charge on any atom is -0.468 e. The molecular formula is C13H16O2. The predicted octanol–water partition coefficient (Wildman–Crippen LogP) is 2.45. The average molecular weight is 204 g/mol. The van der Waals surface area contributed by atoms with Crippen molar-refractivity contribution in [2.24, 2.45) is 0 Å². The second-order valence-electron chi connectivity index (χ2n) is 4.08. The maximum absolute atomic E-state index is 11.7.